The highest BCUT2D eigenvalue weighted by atomic mass is 16.5. The van der Waals surface area contributed by atoms with Crippen molar-refractivity contribution in [2.24, 2.45) is 0 Å². The summed E-state index contributed by atoms with van der Waals surface area (Å²) in [5, 5.41) is 1.09. The third-order valence-electron chi connectivity index (χ3n) is 4.19. The van der Waals surface area contributed by atoms with Gasteiger partial charge in [0.2, 0.25) is 0 Å². The van der Waals surface area contributed by atoms with Crippen LogP contribution in [0.15, 0.2) is 55.0 Å². The van der Waals surface area contributed by atoms with Crippen LogP contribution in [0, 0.1) is 0 Å². The Morgan fingerprint density at radius 3 is 2.75 bits per heavy atom. The summed E-state index contributed by atoms with van der Waals surface area (Å²) >= 11 is 0. The van der Waals surface area contributed by atoms with E-state index in [1.54, 1.807) is 6.20 Å². The number of hydrogen-bond acceptors (Lipinski definition) is 3. The third-order valence-corrected chi connectivity index (χ3v) is 4.19. The molecule has 4 heteroatoms. The minimum atomic E-state index is -0.238. The highest BCUT2D eigenvalue weighted by Crippen LogP contribution is 2.33. The second kappa shape index (κ2) is 7.30. The normalized spacial score (nSPS) is 12.2. The van der Waals surface area contributed by atoms with Gasteiger partial charge in [-0.25, -0.2) is 0 Å². The molecule has 0 amide bonds. The number of hydrogen-bond donors (Lipinski definition) is 0. The van der Waals surface area contributed by atoms with Crippen LogP contribution in [0.25, 0.3) is 16.6 Å². The van der Waals surface area contributed by atoms with E-state index in [1.165, 1.54) is 0 Å². The van der Waals surface area contributed by atoms with E-state index in [0.29, 0.717) is 6.61 Å². The standard InChI is InChI=1S/C20H22N2O2/c1-3-8-17(20(23)24-4-2)18-14-22(15-9-7-12-21-13-15)19-11-6-5-10-16(18)19/h5-7,9-14,17H,3-4,8H2,1-2H3. The summed E-state index contributed by atoms with van der Waals surface area (Å²) in [5.74, 6) is -0.383. The molecule has 2 heterocycles. The van der Waals surface area contributed by atoms with Crippen LogP contribution in [-0.4, -0.2) is 22.1 Å². The molecule has 1 aromatic carbocycles. The molecule has 0 aliphatic heterocycles. The van der Waals surface area contributed by atoms with Gasteiger partial charge < -0.3 is 9.30 Å². The Labute approximate surface area is 142 Å². The lowest BCUT2D eigenvalue weighted by atomic mass is 9.94. The fourth-order valence-electron chi connectivity index (χ4n) is 3.13. The molecule has 0 spiro atoms. The number of pyridine rings is 1. The maximum atomic E-state index is 12.5. The van der Waals surface area contributed by atoms with E-state index < -0.39 is 0 Å². The first kappa shape index (κ1) is 16.2. The predicted molar refractivity (Wildman–Crippen MR) is 95.4 cm³/mol. The maximum Gasteiger partial charge on any atom is 0.313 e. The van der Waals surface area contributed by atoms with Crippen molar-refractivity contribution in [3.63, 3.8) is 0 Å². The number of aromatic nitrogens is 2. The first-order chi connectivity index (χ1) is 11.8. The zero-order valence-electron chi connectivity index (χ0n) is 14.1. The van der Waals surface area contributed by atoms with Crippen molar-refractivity contribution in [1.29, 1.82) is 0 Å². The molecule has 0 fully saturated rings. The number of fused-ring (bicyclic) bond motifs is 1. The van der Waals surface area contributed by atoms with Crippen LogP contribution in [0.1, 0.15) is 38.2 Å². The quantitative estimate of drug-likeness (QED) is 0.629. The average molecular weight is 322 g/mol. The number of carbonyl (C=O) groups excluding carboxylic acids is 1. The Balaban J connectivity index is 2.15. The van der Waals surface area contributed by atoms with Crippen LogP contribution in [0.3, 0.4) is 0 Å². The van der Waals surface area contributed by atoms with Gasteiger partial charge in [-0.05, 0) is 37.1 Å². The molecule has 3 aromatic rings. The molecule has 3 rings (SSSR count). The highest BCUT2D eigenvalue weighted by molar-refractivity contribution is 5.91. The third kappa shape index (κ3) is 3.04. The Kier molecular flexibility index (Phi) is 4.94. The minimum absolute atomic E-state index is 0.145. The Hall–Kier alpha value is -2.62. The summed E-state index contributed by atoms with van der Waals surface area (Å²) in [6, 6.07) is 12.1. The first-order valence-electron chi connectivity index (χ1n) is 8.43. The number of carbonyl (C=O) groups is 1. The lowest BCUT2D eigenvalue weighted by Crippen LogP contribution is -2.15. The van der Waals surface area contributed by atoms with Gasteiger partial charge >= 0.3 is 5.97 Å². The van der Waals surface area contributed by atoms with Gasteiger partial charge in [0.1, 0.15) is 0 Å². The Morgan fingerprint density at radius 2 is 2.04 bits per heavy atom. The number of esters is 1. The summed E-state index contributed by atoms with van der Waals surface area (Å²) in [6.07, 6.45) is 7.35. The number of para-hydroxylation sites is 1. The molecule has 1 atom stereocenters. The summed E-state index contributed by atoms with van der Waals surface area (Å²) in [5.41, 5.74) is 3.08. The summed E-state index contributed by atoms with van der Waals surface area (Å²) in [4.78, 5) is 16.7. The van der Waals surface area contributed by atoms with Gasteiger partial charge in [-0.1, -0.05) is 31.5 Å². The fourth-order valence-corrected chi connectivity index (χ4v) is 3.13. The molecule has 1 unspecified atom stereocenters. The first-order valence-corrected chi connectivity index (χ1v) is 8.43. The van der Waals surface area contributed by atoms with Gasteiger partial charge in [-0.15, -0.1) is 0 Å². The molecule has 0 saturated carbocycles. The molecule has 0 N–H and O–H groups in total. The Morgan fingerprint density at radius 1 is 1.21 bits per heavy atom. The molecule has 2 aromatic heterocycles. The van der Waals surface area contributed by atoms with Gasteiger partial charge in [-0.3, -0.25) is 9.78 Å². The number of nitrogens with zero attached hydrogens (tertiary/aromatic N) is 2. The molecule has 0 bridgehead atoms. The minimum Gasteiger partial charge on any atom is -0.466 e. The molecule has 24 heavy (non-hydrogen) atoms. The van der Waals surface area contributed by atoms with Crippen molar-refractivity contribution in [1.82, 2.24) is 9.55 Å². The second-order valence-electron chi connectivity index (χ2n) is 5.78. The maximum absolute atomic E-state index is 12.5. The van der Waals surface area contributed by atoms with E-state index in [4.69, 9.17) is 4.74 Å². The molecule has 0 saturated heterocycles. The molecule has 0 aliphatic carbocycles. The van der Waals surface area contributed by atoms with Crippen LogP contribution in [0.5, 0.6) is 0 Å². The van der Waals surface area contributed by atoms with E-state index in [9.17, 15) is 4.79 Å². The number of ether oxygens (including phenoxy) is 1. The molecule has 0 aliphatic rings. The average Bonchev–Trinajstić information content (AvgIpc) is 3.00. The Bertz CT molecular complexity index is 824. The molecular weight excluding hydrogens is 300 g/mol. The number of benzene rings is 1. The SMILES string of the molecule is CCCC(C(=O)OCC)c1cn(-c2cccnc2)c2ccccc12. The van der Waals surface area contributed by atoms with Crippen molar-refractivity contribution < 1.29 is 9.53 Å². The van der Waals surface area contributed by atoms with Crippen molar-refractivity contribution >= 4 is 16.9 Å². The van der Waals surface area contributed by atoms with Crippen LogP contribution < -0.4 is 0 Å². The van der Waals surface area contributed by atoms with E-state index >= 15 is 0 Å². The highest BCUT2D eigenvalue weighted by Gasteiger charge is 2.25. The zero-order valence-corrected chi connectivity index (χ0v) is 14.1. The van der Waals surface area contributed by atoms with Gasteiger partial charge in [0.05, 0.1) is 29.9 Å². The molecule has 4 nitrogen and oxygen atoms in total. The van der Waals surface area contributed by atoms with E-state index in [2.05, 4.69) is 34.8 Å². The number of rotatable bonds is 6. The van der Waals surface area contributed by atoms with Gasteiger partial charge in [0.15, 0.2) is 0 Å². The second-order valence-corrected chi connectivity index (χ2v) is 5.78. The molecule has 124 valence electrons. The zero-order chi connectivity index (χ0) is 16.9. The summed E-state index contributed by atoms with van der Waals surface area (Å²) < 4.78 is 7.41. The van der Waals surface area contributed by atoms with Crippen LogP contribution >= 0.6 is 0 Å². The predicted octanol–water partition coefficient (Wildman–Crippen LogP) is 4.47. The van der Waals surface area contributed by atoms with E-state index in [0.717, 1.165) is 35.0 Å². The van der Waals surface area contributed by atoms with Crippen molar-refractivity contribution in [2.75, 3.05) is 6.61 Å². The lowest BCUT2D eigenvalue weighted by molar-refractivity contribution is -0.145. The van der Waals surface area contributed by atoms with Crippen LogP contribution in [0.2, 0.25) is 0 Å². The van der Waals surface area contributed by atoms with Gasteiger partial charge in [0, 0.05) is 17.8 Å². The fraction of sp³-hybridized carbons (Fsp3) is 0.300. The molecular formula is C20H22N2O2. The largest absolute Gasteiger partial charge is 0.466 e. The van der Waals surface area contributed by atoms with E-state index in [-0.39, 0.29) is 11.9 Å². The van der Waals surface area contributed by atoms with E-state index in [1.807, 2.05) is 37.4 Å². The van der Waals surface area contributed by atoms with Crippen molar-refractivity contribution in [3.05, 3.63) is 60.6 Å². The van der Waals surface area contributed by atoms with Crippen molar-refractivity contribution in [3.8, 4) is 5.69 Å². The van der Waals surface area contributed by atoms with Crippen LogP contribution in [-0.2, 0) is 9.53 Å². The monoisotopic (exact) mass is 322 g/mol. The van der Waals surface area contributed by atoms with Gasteiger partial charge in [-0.2, -0.15) is 0 Å². The summed E-state index contributed by atoms with van der Waals surface area (Å²) in [6.45, 7) is 4.34. The van der Waals surface area contributed by atoms with Crippen LogP contribution in [0.4, 0.5) is 0 Å². The van der Waals surface area contributed by atoms with Crippen molar-refractivity contribution in [2.45, 2.75) is 32.6 Å². The van der Waals surface area contributed by atoms with Gasteiger partial charge in [0.25, 0.3) is 0 Å². The topological polar surface area (TPSA) is 44.1 Å². The molecule has 0 radical (unpaired) electrons. The lowest BCUT2D eigenvalue weighted by Gasteiger charge is -2.14. The smallest absolute Gasteiger partial charge is 0.313 e. The summed E-state index contributed by atoms with van der Waals surface area (Å²) in [7, 11) is 0.